The average molecular weight is 257 g/mol. The molecule has 2 rings (SSSR count). The van der Waals surface area contributed by atoms with Gasteiger partial charge in [0, 0.05) is 25.1 Å². The largest absolute Gasteiger partial charge is 0.487 e. The first-order valence-corrected chi connectivity index (χ1v) is 6.10. The SMILES string of the molecule is CCCOC1C(N)CC1Oc1ccc(F)c(F)c1. The Labute approximate surface area is 105 Å². The summed E-state index contributed by atoms with van der Waals surface area (Å²) >= 11 is 0. The lowest BCUT2D eigenvalue weighted by atomic mass is 9.86. The summed E-state index contributed by atoms with van der Waals surface area (Å²) in [6.07, 6.45) is 1.21. The van der Waals surface area contributed by atoms with Gasteiger partial charge in [0.2, 0.25) is 0 Å². The lowest BCUT2D eigenvalue weighted by molar-refractivity contribution is -0.0980. The van der Waals surface area contributed by atoms with Crippen LogP contribution in [0, 0.1) is 11.6 Å². The number of rotatable bonds is 5. The minimum Gasteiger partial charge on any atom is -0.487 e. The van der Waals surface area contributed by atoms with Crippen LogP contribution in [0.1, 0.15) is 19.8 Å². The van der Waals surface area contributed by atoms with Gasteiger partial charge in [-0.1, -0.05) is 6.92 Å². The Hall–Kier alpha value is -1.20. The Bertz CT molecular complexity index is 414. The molecular weight excluding hydrogens is 240 g/mol. The molecule has 0 heterocycles. The number of hydrogen-bond acceptors (Lipinski definition) is 3. The van der Waals surface area contributed by atoms with Gasteiger partial charge < -0.3 is 15.2 Å². The molecule has 0 spiro atoms. The molecule has 2 N–H and O–H groups in total. The maximum absolute atomic E-state index is 13.0. The molecule has 3 nitrogen and oxygen atoms in total. The summed E-state index contributed by atoms with van der Waals surface area (Å²) in [5, 5.41) is 0. The van der Waals surface area contributed by atoms with Gasteiger partial charge in [-0.05, 0) is 18.6 Å². The van der Waals surface area contributed by atoms with Gasteiger partial charge in [-0.2, -0.15) is 0 Å². The zero-order valence-electron chi connectivity index (χ0n) is 10.2. The first kappa shape index (κ1) is 13.2. The standard InChI is InChI=1S/C13H17F2NO2/c1-2-5-17-13-11(16)7-12(13)18-8-3-4-9(14)10(15)6-8/h3-4,6,11-13H,2,5,7,16H2,1H3. The van der Waals surface area contributed by atoms with Crippen LogP contribution in [0.25, 0.3) is 0 Å². The number of halogens is 2. The Morgan fingerprint density at radius 2 is 2.11 bits per heavy atom. The van der Waals surface area contributed by atoms with Gasteiger partial charge in [-0.15, -0.1) is 0 Å². The van der Waals surface area contributed by atoms with Crippen molar-refractivity contribution < 1.29 is 18.3 Å². The summed E-state index contributed by atoms with van der Waals surface area (Å²) in [6, 6.07) is 3.44. The predicted octanol–water partition coefficient (Wildman–Crippen LogP) is 2.24. The maximum atomic E-state index is 13.0. The van der Waals surface area contributed by atoms with Crippen LogP contribution in [-0.2, 0) is 4.74 Å². The van der Waals surface area contributed by atoms with Crippen molar-refractivity contribution in [3.63, 3.8) is 0 Å². The minimum absolute atomic E-state index is 0.0492. The number of hydrogen-bond donors (Lipinski definition) is 1. The summed E-state index contributed by atoms with van der Waals surface area (Å²) in [6.45, 7) is 2.63. The summed E-state index contributed by atoms with van der Waals surface area (Å²) in [7, 11) is 0. The first-order chi connectivity index (χ1) is 8.61. The number of ether oxygens (including phenoxy) is 2. The number of nitrogens with two attached hydrogens (primary N) is 1. The molecule has 1 aromatic carbocycles. The third kappa shape index (κ3) is 2.79. The van der Waals surface area contributed by atoms with Crippen molar-refractivity contribution in [1.29, 1.82) is 0 Å². The van der Waals surface area contributed by atoms with Crippen molar-refractivity contribution in [2.24, 2.45) is 5.73 Å². The molecule has 3 unspecified atom stereocenters. The second-order valence-electron chi connectivity index (χ2n) is 4.47. The Kier molecular flexibility index (Phi) is 4.14. The Morgan fingerprint density at radius 3 is 2.72 bits per heavy atom. The third-order valence-electron chi connectivity index (χ3n) is 2.99. The van der Waals surface area contributed by atoms with Crippen molar-refractivity contribution in [2.45, 2.75) is 38.0 Å². The molecule has 1 aliphatic rings. The van der Waals surface area contributed by atoms with Crippen molar-refractivity contribution >= 4 is 0 Å². The molecule has 0 amide bonds. The Balaban J connectivity index is 1.94. The van der Waals surface area contributed by atoms with Crippen LogP contribution >= 0.6 is 0 Å². The summed E-state index contributed by atoms with van der Waals surface area (Å²) < 4.78 is 36.9. The van der Waals surface area contributed by atoms with Gasteiger partial charge in [0.15, 0.2) is 11.6 Å². The van der Waals surface area contributed by atoms with Gasteiger partial charge in [-0.3, -0.25) is 0 Å². The van der Waals surface area contributed by atoms with Gasteiger partial charge in [0.1, 0.15) is 18.0 Å². The van der Waals surface area contributed by atoms with Crippen LogP contribution in [0.3, 0.4) is 0 Å². The van der Waals surface area contributed by atoms with Crippen LogP contribution in [0.2, 0.25) is 0 Å². The fourth-order valence-corrected chi connectivity index (χ4v) is 1.94. The van der Waals surface area contributed by atoms with E-state index in [4.69, 9.17) is 15.2 Å². The van der Waals surface area contributed by atoms with Gasteiger partial charge in [0.25, 0.3) is 0 Å². The lowest BCUT2D eigenvalue weighted by Crippen LogP contribution is -2.59. The topological polar surface area (TPSA) is 44.5 Å². The molecule has 0 bridgehead atoms. The second-order valence-corrected chi connectivity index (χ2v) is 4.47. The van der Waals surface area contributed by atoms with Crippen LogP contribution in [-0.4, -0.2) is 24.9 Å². The second kappa shape index (κ2) is 5.63. The van der Waals surface area contributed by atoms with Gasteiger partial charge in [0.05, 0.1) is 0 Å². The van der Waals surface area contributed by atoms with E-state index in [9.17, 15) is 8.78 Å². The van der Waals surface area contributed by atoms with E-state index in [-0.39, 0.29) is 18.2 Å². The third-order valence-corrected chi connectivity index (χ3v) is 2.99. The predicted molar refractivity (Wildman–Crippen MR) is 63.4 cm³/mol. The average Bonchev–Trinajstić information content (AvgIpc) is 2.33. The maximum Gasteiger partial charge on any atom is 0.162 e. The molecule has 0 radical (unpaired) electrons. The molecule has 0 saturated heterocycles. The molecule has 1 saturated carbocycles. The van der Waals surface area contributed by atoms with Crippen molar-refractivity contribution in [1.82, 2.24) is 0 Å². The molecule has 1 fully saturated rings. The molecule has 18 heavy (non-hydrogen) atoms. The van der Waals surface area contributed by atoms with E-state index in [0.717, 1.165) is 18.6 Å². The van der Waals surface area contributed by atoms with E-state index in [2.05, 4.69) is 0 Å². The molecule has 3 atom stereocenters. The summed E-state index contributed by atoms with van der Waals surface area (Å²) in [5.41, 5.74) is 5.82. The van der Waals surface area contributed by atoms with Gasteiger partial charge in [-0.25, -0.2) is 8.78 Å². The van der Waals surface area contributed by atoms with E-state index < -0.39 is 11.6 Å². The molecule has 1 aliphatic carbocycles. The van der Waals surface area contributed by atoms with Crippen molar-refractivity contribution in [2.75, 3.05) is 6.61 Å². The molecule has 0 aliphatic heterocycles. The monoisotopic (exact) mass is 257 g/mol. The minimum atomic E-state index is -0.915. The zero-order chi connectivity index (χ0) is 13.1. The summed E-state index contributed by atoms with van der Waals surface area (Å²) in [5.74, 6) is -1.50. The van der Waals surface area contributed by atoms with Crippen LogP contribution < -0.4 is 10.5 Å². The van der Waals surface area contributed by atoms with Crippen LogP contribution in [0.15, 0.2) is 18.2 Å². The highest BCUT2D eigenvalue weighted by atomic mass is 19.2. The highest BCUT2D eigenvalue weighted by Crippen LogP contribution is 2.28. The molecule has 0 aromatic heterocycles. The quantitative estimate of drug-likeness (QED) is 0.879. The van der Waals surface area contributed by atoms with Crippen molar-refractivity contribution in [3.8, 4) is 5.75 Å². The zero-order valence-corrected chi connectivity index (χ0v) is 10.2. The fraction of sp³-hybridized carbons (Fsp3) is 0.538. The molecular formula is C13H17F2NO2. The van der Waals surface area contributed by atoms with E-state index >= 15 is 0 Å². The van der Waals surface area contributed by atoms with Crippen LogP contribution in [0.5, 0.6) is 5.75 Å². The normalized spacial score (nSPS) is 26.8. The highest BCUT2D eigenvalue weighted by Gasteiger charge is 2.41. The van der Waals surface area contributed by atoms with Gasteiger partial charge >= 0.3 is 0 Å². The first-order valence-electron chi connectivity index (χ1n) is 6.10. The highest BCUT2D eigenvalue weighted by molar-refractivity contribution is 5.24. The molecule has 100 valence electrons. The number of benzene rings is 1. The van der Waals surface area contributed by atoms with Crippen molar-refractivity contribution in [3.05, 3.63) is 29.8 Å². The smallest absolute Gasteiger partial charge is 0.162 e. The lowest BCUT2D eigenvalue weighted by Gasteiger charge is -2.41. The Morgan fingerprint density at radius 1 is 1.33 bits per heavy atom. The van der Waals surface area contributed by atoms with Crippen LogP contribution in [0.4, 0.5) is 8.78 Å². The fourth-order valence-electron chi connectivity index (χ4n) is 1.94. The van der Waals surface area contributed by atoms with E-state index in [1.165, 1.54) is 6.07 Å². The molecule has 5 heteroatoms. The molecule has 1 aromatic rings. The summed E-state index contributed by atoms with van der Waals surface area (Å²) in [4.78, 5) is 0. The van der Waals surface area contributed by atoms with E-state index in [1.807, 2.05) is 6.92 Å². The van der Waals surface area contributed by atoms with E-state index in [1.54, 1.807) is 0 Å². The van der Waals surface area contributed by atoms with E-state index in [0.29, 0.717) is 18.8 Å².